The Labute approximate surface area is 188 Å². The van der Waals surface area contributed by atoms with E-state index in [2.05, 4.69) is 5.32 Å². The lowest BCUT2D eigenvalue weighted by atomic mass is 9.93. The van der Waals surface area contributed by atoms with Gasteiger partial charge in [0.15, 0.2) is 0 Å². The molecule has 0 aromatic heterocycles. The summed E-state index contributed by atoms with van der Waals surface area (Å²) in [6, 6.07) is 6.66. The van der Waals surface area contributed by atoms with Crippen LogP contribution in [-0.2, 0) is 23.9 Å². The summed E-state index contributed by atoms with van der Waals surface area (Å²) in [4.78, 5) is 51.4. The number of rotatable bonds is 5. The molecule has 0 spiro atoms. The molecule has 1 aromatic carbocycles. The fourth-order valence-electron chi connectivity index (χ4n) is 3.61. The number of nitrogens with zero attached hydrogens (tertiary/aromatic N) is 1. The summed E-state index contributed by atoms with van der Waals surface area (Å²) in [6.07, 6.45) is -0.882. The third-order valence-electron chi connectivity index (χ3n) is 4.70. The van der Waals surface area contributed by atoms with Crippen molar-refractivity contribution in [3.05, 3.63) is 35.9 Å². The Morgan fingerprint density at radius 1 is 1.00 bits per heavy atom. The SMILES string of the molecule is CC(C)(C)OC(=O)NCC(=O)N1C(C(=O)OC(C)(C)C)CC(C(=O)O)C1c1ccccc1. The van der Waals surface area contributed by atoms with Crippen molar-refractivity contribution in [2.45, 2.75) is 71.2 Å². The number of nitrogens with one attached hydrogen (secondary N) is 1. The summed E-state index contributed by atoms with van der Waals surface area (Å²) in [7, 11) is 0. The normalized spacial score (nSPS) is 21.1. The molecule has 176 valence electrons. The highest BCUT2D eigenvalue weighted by Gasteiger charge is 2.51. The smallest absolute Gasteiger partial charge is 0.408 e. The van der Waals surface area contributed by atoms with Crippen LogP contribution in [-0.4, -0.2) is 57.7 Å². The van der Waals surface area contributed by atoms with Gasteiger partial charge in [-0.1, -0.05) is 30.3 Å². The average Bonchev–Trinajstić information content (AvgIpc) is 3.05. The van der Waals surface area contributed by atoms with Gasteiger partial charge < -0.3 is 24.8 Å². The van der Waals surface area contributed by atoms with Crippen LogP contribution in [0.2, 0.25) is 0 Å². The molecule has 1 fully saturated rings. The number of aliphatic carboxylic acids is 1. The van der Waals surface area contributed by atoms with Crippen LogP contribution in [0.4, 0.5) is 4.79 Å². The van der Waals surface area contributed by atoms with Gasteiger partial charge in [0, 0.05) is 0 Å². The van der Waals surface area contributed by atoms with Gasteiger partial charge >= 0.3 is 18.0 Å². The number of carbonyl (C=O) groups excluding carboxylic acids is 3. The van der Waals surface area contributed by atoms with E-state index in [0.717, 1.165) is 0 Å². The van der Waals surface area contributed by atoms with Crippen molar-refractivity contribution in [2.75, 3.05) is 6.54 Å². The van der Waals surface area contributed by atoms with Crippen LogP contribution >= 0.6 is 0 Å². The van der Waals surface area contributed by atoms with Gasteiger partial charge in [-0.25, -0.2) is 9.59 Å². The van der Waals surface area contributed by atoms with Crippen molar-refractivity contribution in [1.82, 2.24) is 10.2 Å². The maximum Gasteiger partial charge on any atom is 0.408 e. The third kappa shape index (κ3) is 6.70. The molecule has 0 aliphatic carbocycles. The predicted molar refractivity (Wildman–Crippen MR) is 116 cm³/mol. The fraction of sp³-hybridized carbons (Fsp3) is 0.565. The number of benzene rings is 1. The molecule has 3 atom stereocenters. The van der Waals surface area contributed by atoms with Gasteiger partial charge in [-0.2, -0.15) is 0 Å². The van der Waals surface area contributed by atoms with Crippen LogP contribution in [0.15, 0.2) is 30.3 Å². The number of hydrogen-bond acceptors (Lipinski definition) is 6. The maximum atomic E-state index is 13.2. The van der Waals surface area contributed by atoms with E-state index < -0.39 is 59.7 Å². The Morgan fingerprint density at radius 3 is 2.06 bits per heavy atom. The summed E-state index contributed by atoms with van der Waals surface area (Å²) in [5, 5.41) is 12.2. The lowest BCUT2D eigenvalue weighted by molar-refractivity contribution is -0.164. The summed E-state index contributed by atoms with van der Waals surface area (Å²) >= 11 is 0. The van der Waals surface area contributed by atoms with E-state index in [9.17, 15) is 24.3 Å². The number of likely N-dealkylation sites (tertiary alicyclic amines) is 1. The van der Waals surface area contributed by atoms with E-state index in [1.54, 1.807) is 71.9 Å². The second-order valence-corrected chi connectivity index (χ2v) is 9.74. The first kappa shape index (κ1) is 25.2. The Bertz CT molecular complexity index is 855. The van der Waals surface area contributed by atoms with Gasteiger partial charge in [0.1, 0.15) is 23.8 Å². The molecule has 0 bridgehead atoms. The van der Waals surface area contributed by atoms with Crippen LogP contribution in [0.1, 0.15) is 59.6 Å². The van der Waals surface area contributed by atoms with Crippen molar-refractivity contribution in [2.24, 2.45) is 5.92 Å². The molecule has 2 rings (SSSR count). The van der Waals surface area contributed by atoms with E-state index >= 15 is 0 Å². The number of amides is 2. The zero-order chi connectivity index (χ0) is 24.3. The number of carboxylic acids is 1. The Balaban J connectivity index is 2.36. The summed E-state index contributed by atoms with van der Waals surface area (Å²) in [6.45, 7) is 9.70. The first-order valence-electron chi connectivity index (χ1n) is 10.5. The zero-order valence-corrected chi connectivity index (χ0v) is 19.4. The minimum atomic E-state index is -1.12. The first-order chi connectivity index (χ1) is 14.7. The maximum absolute atomic E-state index is 13.2. The molecular formula is C23H32N2O7. The van der Waals surface area contributed by atoms with Crippen molar-refractivity contribution in [3.63, 3.8) is 0 Å². The first-order valence-corrected chi connectivity index (χ1v) is 10.5. The molecule has 0 radical (unpaired) electrons. The van der Waals surface area contributed by atoms with Crippen LogP contribution in [0.5, 0.6) is 0 Å². The second-order valence-electron chi connectivity index (χ2n) is 9.74. The van der Waals surface area contributed by atoms with Crippen LogP contribution in [0, 0.1) is 5.92 Å². The highest BCUT2D eigenvalue weighted by molar-refractivity contribution is 5.90. The lowest BCUT2D eigenvalue weighted by Gasteiger charge is -2.32. The molecule has 1 heterocycles. The molecule has 0 saturated carbocycles. The fourth-order valence-corrected chi connectivity index (χ4v) is 3.61. The number of alkyl carbamates (subject to hydrolysis) is 1. The van der Waals surface area contributed by atoms with Crippen LogP contribution in [0.25, 0.3) is 0 Å². The van der Waals surface area contributed by atoms with E-state index in [4.69, 9.17) is 9.47 Å². The van der Waals surface area contributed by atoms with E-state index in [0.29, 0.717) is 5.56 Å². The van der Waals surface area contributed by atoms with E-state index in [-0.39, 0.29) is 6.42 Å². The van der Waals surface area contributed by atoms with Crippen LogP contribution in [0.3, 0.4) is 0 Å². The van der Waals surface area contributed by atoms with E-state index in [1.165, 1.54) is 4.90 Å². The number of ether oxygens (including phenoxy) is 2. The molecule has 1 saturated heterocycles. The molecule has 9 nitrogen and oxygen atoms in total. The van der Waals surface area contributed by atoms with E-state index in [1.807, 2.05) is 0 Å². The Morgan fingerprint density at radius 2 is 1.56 bits per heavy atom. The third-order valence-corrected chi connectivity index (χ3v) is 4.70. The average molecular weight is 449 g/mol. The van der Waals surface area contributed by atoms with Crippen LogP contribution < -0.4 is 5.32 Å². The second kappa shape index (κ2) is 9.58. The molecule has 1 aromatic rings. The van der Waals surface area contributed by atoms with Crippen molar-refractivity contribution >= 4 is 23.9 Å². The van der Waals surface area contributed by atoms with Gasteiger partial charge in [-0.15, -0.1) is 0 Å². The summed E-state index contributed by atoms with van der Waals surface area (Å²) in [5.41, 5.74) is -0.984. The highest BCUT2D eigenvalue weighted by atomic mass is 16.6. The Kier molecular flexibility index (Phi) is 7.54. The lowest BCUT2D eigenvalue weighted by Crippen LogP contribution is -2.48. The largest absolute Gasteiger partial charge is 0.481 e. The van der Waals surface area contributed by atoms with Gasteiger partial charge in [0.05, 0.1) is 12.0 Å². The molecular weight excluding hydrogens is 416 g/mol. The summed E-state index contributed by atoms with van der Waals surface area (Å²) in [5.74, 6) is -3.43. The zero-order valence-electron chi connectivity index (χ0n) is 19.4. The van der Waals surface area contributed by atoms with Gasteiger partial charge in [0.25, 0.3) is 0 Å². The molecule has 3 unspecified atom stereocenters. The quantitative estimate of drug-likeness (QED) is 0.664. The molecule has 2 N–H and O–H groups in total. The van der Waals surface area contributed by atoms with Gasteiger partial charge in [-0.3, -0.25) is 9.59 Å². The molecule has 32 heavy (non-hydrogen) atoms. The standard InChI is InChI=1S/C23H32N2O7/c1-22(2,3)31-20(29)16-12-15(19(27)28)18(14-10-8-7-9-11-14)25(16)17(26)13-24-21(30)32-23(4,5)6/h7-11,15-16,18H,12-13H2,1-6H3,(H,24,30)(H,27,28). The molecule has 9 heteroatoms. The van der Waals surface area contributed by atoms with Crippen molar-refractivity contribution in [3.8, 4) is 0 Å². The number of carboxylic acid groups (broad SMARTS) is 1. The van der Waals surface area contributed by atoms with Crippen molar-refractivity contribution in [1.29, 1.82) is 0 Å². The number of carbonyl (C=O) groups is 4. The molecule has 2 amide bonds. The van der Waals surface area contributed by atoms with Gasteiger partial charge in [0.2, 0.25) is 5.91 Å². The molecule has 1 aliphatic rings. The topological polar surface area (TPSA) is 122 Å². The predicted octanol–water partition coefficient (Wildman–Crippen LogP) is 2.90. The van der Waals surface area contributed by atoms with Gasteiger partial charge in [-0.05, 0) is 53.5 Å². The monoisotopic (exact) mass is 448 g/mol. The minimum absolute atomic E-state index is 0.0953. The minimum Gasteiger partial charge on any atom is -0.481 e. The number of hydrogen-bond donors (Lipinski definition) is 2. The number of esters is 1. The summed E-state index contributed by atoms with van der Waals surface area (Å²) < 4.78 is 10.6. The van der Waals surface area contributed by atoms with Crippen molar-refractivity contribution < 1.29 is 33.8 Å². The molecule has 1 aliphatic heterocycles. The Hall–Kier alpha value is -3.10. The highest BCUT2D eigenvalue weighted by Crippen LogP contribution is 2.42.